The Hall–Kier alpha value is -2.89. The van der Waals surface area contributed by atoms with Crippen LogP contribution in [0.5, 0.6) is 0 Å². The fraction of sp³-hybridized carbons (Fsp3) is 0.364. The Morgan fingerprint density at radius 3 is 2.71 bits per heavy atom. The lowest BCUT2D eigenvalue weighted by Gasteiger charge is -2.30. The summed E-state index contributed by atoms with van der Waals surface area (Å²) in [4.78, 5) is 19.7. The molecule has 1 aliphatic heterocycles. The van der Waals surface area contributed by atoms with Crippen LogP contribution in [-0.2, 0) is 17.8 Å². The van der Waals surface area contributed by atoms with Crippen molar-refractivity contribution in [2.45, 2.75) is 39.2 Å². The van der Waals surface area contributed by atoms with Gasteiger partial charge >= 0.3 is 0 Å². The van der Waals surface area contributed by atoms with Crippen LogP contribution in [0.1, 0.15) is 32.0 Å². The number of halogens is 1. The van der Waals surface area contributed by atoms with Crippen LogP contribution in [0, 0.1) is 5.82 Å². The first-order valence-electron chi connectivity index (χ1n) is 9.94. The average Bonchev–Trinajstić information content (AvgIpc) is 3.06. The molecule has 5 nitrogen and oxygen atoms in total. The molecule has 2 heterocycles. The number of imidazole rings is 1. The van der Waals surface area contributed by atoms with Crippen LogP contribution in [0.15, 0.2) is 42.5 Å². The number of para-hydroxylation sites is 2. The number of piperidine rings is 1. The van der Waals surface area contributed by atoms with E-state index in [0.29, 0.717) is 5.69 Å². The molecule has 0 atom stereocenters. The third-order valence-corrected chi connectivity index (χ3v) is 5.28. The van der Waals surface area contributed by atoms with Gasteiger partial charge in [0.1, 0.15) is 18.2 Å². The standard InChI is InChI=1S/C22H25FN4O/c1-2-21-24-17-8-4-5-9-20(17)27(21)15-22(28)25-18-14-16(23)10-11-19(18)26-12-6-3-7-13-26/h4-5,8-11,14H,2-3,6-7,12-13,15H2,1H3,(H,25,28). The third-order valence-electron chi connectivity index (χ3n) is 5.28. The van der Waals surface area contributed by atoms with Crippen molar-refractivity contribution in [1.82, 2.24) is 9.55 Å². The monoisotopic (exact) mass is 380 g/mol. The third kappa shape index (κ3) is 3.72. The summed E-state index contributed by atoms with van der Waals surface area (Å²) in [6.45, 7) is 4.04. The van der Waals surface area contributed by atoms with E-state index in [1.165, 1.54) is 18.6 Å². The minimum atomic E-state index is -0.349. The summed E-state index contributed by atoms with van der Waals surface area (Å²) in [6, 6.07) is 12.4. The molecule has 0 aliphatic carbocycles. The number of aryl methyl sites for hydroxylation is 1. The molecule has 1 amide bonds. The van der Waals surface area contributed by atoms with Gasteiger partial charge in [-0.05, 0) is 49.6 Å². The normalized spacial score (nSPS) is 14.4. The van der Waals surface area contributed by atoms with Gasteiger partial charge in [0.2, 0.25) is 5.91 Å². The molecule has 146 valence electrons. The lowest BCUT2D eigenvalue weighted by atomic mass is 10.1. The van der Waals surface area contributed by atoms with Gasteiger partial charge in [0.25, 0.3) is 0 Å². The van der Waals surface area contributed by atoms with Crippen molar-refractivity contribution in [3.8, 4) is 0 Å². The van der Waals surface area contributed by atoms with E-state index >= 15 is 0 Å². The van der Waals surface area contributed by atoms with E-state index in [4.69, 9.17) is 0 Å². The van der Waals surface area contributed by atoms with E-state index in [9.17, 15) is 9.18 Å². The van der Waals surface area contributed by atoms with Gasteiger partial charge in [-0.25, -0.2) is 9.37 Å². The highest BCUT2D eigenvalue weighted by Gasteiger charge is 2.18. The highest BCUT2D eigenvalue weighted by Crippen LogP contribution is 2.29. The van der Waals surface area contributed by atoms with Gasteiger partial charge in [0.15, 0.2) is 0 Å². The fourth-order valence-corrected chi connectivity index (χ4v) is 3.92. The van der Waals surface area contributed by atoms with E-state index in [2.05, 4.69) is 15.2 Å². The summed E-state index contributed by atoms with van der Waals surface area (Å²) >= 11 is 0. The predicted molar refractivity (Wildman–Crippen MR) is 110 cm³/mol. The first kappa shape index (κ1) is 18.5. The number of aromatic nitrogens is 2. The molecule has 1 aromatic heterocycles. The lowest BCUT2D eigenvalue weighted by Crippen LogP contribution is -2.31. The molecule has 0 saturated carbocycles. The zero-order chi connectivity index (χ0) is 19.5. The quantitative estimate of drug-likeness (QED) is 0.715. The van der Waals surface area contributed by atoms with Gasteiger partial charge in [0, 0.05) is 19.5 Å². The summed E-state index contributed by atoms with van der Waals surface area (Å²) in [7, 11) is 0. The van der Waals surface area contributed by atoms with E-state index in [0.717, 1.165) is 54.9 Å². The Labute approximate surface area is 164 Å². The van der Waals surface area contributed by atoms with Crippen molar-refractivity contribution in [1.29, 1.82) is 0 Å². The molecule has 6 heteroatoms. The molecule has 28 heavy (non-hydrogen) atoms. The molecule has 4 rings (SSSR count). The van der Waals surface area contributed by atoms with Crippen LogP contribution in [0.4, 0.5) is 15.8 Å². The first-order chi connectivity index (χ1) is 13.7. The van der Waals surface area contributed by atoms with E-state index in [-0.39, 0.29) is 18.3 Å². The van der Waals surface area contributed by atoms with Crippen molar-refractivity contribution in [3.05, 3.63) is 54.1 Å². The van der Waals surface area contributed by atoms with Gasteiger partial charge in [-0.1, -0.05) is 19.1 Å². The number of nitrogens with zero attached hydrogens (tertiary/aromatic N) is 3. The second kappa shape index (κ2) is 8.00. The Morgan fingerprint density at radius 2 is 1.93 bits per heavy atom. The number of carbonyl (C=O) groups excluding carboxylic acids is 1. The number of benzene rings is 2. The molecule has 0 radical (unpaired) electrons. The van der Waals surface area contributed by atoms with Crippen LogP contribution >= 0.6 is 0 Å². The second-order valence-corrected chi connectivity index (χ2v) is 7.21. The van der Waals surface area contributed by atoms with Crippen molar-refractivity contribution >= 4 is 28.3 Å². The van der Waals surface area contributed by atoms with Crippen molar-refractivity contribution in [2.75, 3.05) is 23.3 Å². The molecule has 0 bridgehead atoms. The molecule has 0 spiro atoms. The number of anilines is 2. The number of nitrogens with one attached hydrogen (secondary N) is 1. The van der Waals surface area contributed by atoms with Crippen LogP contribution in [0.25, 0.3) is 11.0 Å². The molecular formula is C22H25FN4O. The summed E-state index contributed by atoms with van der Waals surface area (Å²) in [6.07, 6.45) is 4.19. The molecule has 3 aromatic rings. The minimum absolute atomic E-state index is 0.152. The topological polar surface area (TPSA) is 50.2 Å². The number of rotatable bonds is 5. The number of carbonyl (C=O) groups is 1. The summed E-state index contributed by atoms with van der Waals surface area (Å²) in [5, 5.41) is 2.93. The van der Waals surface area contributed by atoms with Crippen LogP contribution < -0.4 is 10.2 Å². The van der Waals surface area contributed by atoms with E-state index in [1.54, 1.807) is 6.07 Å². The Morgan fingerprint density at radius 1 is 1.14 bits per heavy atom. The zero-order valence-corrected chi connectivity index (χ0v) is 16.1. The molecule has 1 fully saturated rings. The SMILES string of the molecule is CCc1nc2ccccc2n1CC(=O)Nc1cc(F)ccc1N1CCCCC1. The Kier molecular flexibility index (Phi) is 5.28. The minimum Gasteiger partial charge on any atom is -0.370 e. The first-order valence-corrected chi connectivity index (χ1v) is 9.94. The van der Waals surface area contributed by atoms with Gasteiger partial charge in [-0.15, -0.1) is 0 Å². The van der Waals surface area contributed by atoms with Crippen LogP contribution in [0.2, 0.25) is 0 Å². The zero-order valence-electron chi connectivity index (χ0n) is 16.1. The number of hydrogen-bond acceptors (Lipinski definition) is 3. The maximum absolute atomic E-state index is 13.9. The summed E-state index contributed by atoms with van der Waals surface area (Å²) in [5.74, 6) is 0.340. The maximum Gasteiger partial charge on any atom is 0.244 e. The van der Waals surface area contributed by atoms with E-state index < -0.39 is 0 Å². The Bertz CT molecular complexity index is 991. The van der Waals surface area contributed by atoms with E-state index in [1.807, 2.05) is 35.8 Å². The Balaban J connectivity index is 1.58. The van der Waals surface area contributed by atoms with Crippen LogP contribution in [-0.4, -0.2) is 28.5 Å². The highest BCUT2D eigenvalue weighted by atomic mass is 19.1. The lowest BCUT2D eigenvalue weighted by molar-refractivity contribution is -0.116. The number of hydrogen-bond donors (Lipinski definition) is 1. The smallest absolute Gasteiger partial charge is 0.244 e. The van der Waals surface area contributed by atoms with Crippen molar-refractivity contribution < 1.29 is 9.18 Å². The van der Waals surface area contributed by atoms with Gasteiger partial charge in [-0.3, -0.25) is 4.79 Å². The average molecular weight is 380 g/mol. The fourth-order valence-electron chi connectivity index (χ4n) is 3.92. The van der Waals surface area contributed by atoms with Crippen molar-refractivity contribution in [3.63, 3.8) is 0 Å². The van der Waals surface area contributed by atoms with Crippen molar-refractivity contribution in [2.24, 2.45) is 0 Å². The predicted octanol–water partition coefficient (Wildman–Crippen LogP) is 4.37. The maximum atomic E-state index is 13.9. The number of amides is 1. The number of fused-ring (bicyclic) bond motifs is 1. The molecule has 1 aliphatic rings. The largest absolute Gasteiger partial charge is 0.370 e. The van der Waals surface area contributed by atoms with Crippen LogP contribution in [0.3, 0.4) is 0 Å². The second-order valence-electron chi connectivity index (χ2n) is 7.21. The molecule has 0 unspecified atom stereocenters. The highest BCUT2D eigenvalue weighted by molar-refractivity contribution is 5.95. The van der Waals surface area contributed by atoms with Gasteiger partial charge in [-0.2, -0.15) is 0 Å². The van der Waals surface area contributed by atoms with Gasteiger partial charge < -0.3 is 14.8 Å². The summed E-state index contributed by atoms with van der Waals surface area (Å²) in [5.41, 5.74) is 3.24. The van der Waals surface area contributed by atoms with Gasteiger partial charge in [0.05, 0.1) is 22.4 Å². The molecular weight excluding hydrogens is 355 g/mol. The summed E-state index contributed by atoms with van der Waals surface area (Å²) < 4.78 is 15.8. The molecule has 1 saturated heterocycles. The molecule has 1 N–H and O–H groups in total. The molecule has 2 aromatic carbocycles.